The lowest BCUT2D eigenvalue weighted by Crippen LogP contribution is -2.44. The van der Waals surface area contributed by atoms with E-state index in [9.17, 15) is 4.79 Å². The van der Waals surface area contributed by atoms with Crippen LogP contribution in [0.1, 0.15) is 50.6 Å². The third kappa shape index (κ3) is 8.41. The van der Waals surface area contributed by atoms with E-state index in [0.717, 1.165) is 31.0 Å². The average Bonchev–Trinajstić information content (AvgIpc) is 2.72. The minimum atomic E-state index is 0.0519. The zero-order valence-corrected chi connectivity index (χ0v) is 16.9. The molecule has 0 radical (unpaired) electrons. The number of nitrogens with zero attached hydrogens (tertiary/aromatic N) is 3. The van der Waals surface area contributed by atoms with Crippen LogP contribution in [0, 0.1) is 5.92 Å². The Kier molecular flexibility index (Phi) is 9.66. The van der Waals surface area contributed by atoms with E-state index in [2.05, 4.69) is 20.6 Å². The highest BCUT2D eigenvalue weighted by Crippen LogP contribution is 2.26. The molecule has 6 heteroatoms. The van der Waals surface area contributed by atoms with E-state index >= 15 is 0 Å². The molecule has 1 saturated carbocycles. The van der Waals surface area contributed by atoms with Gasteiger partial charge in [0.1, 0.15) is 0 Å². The largest absolute Gasteiger partial charge is 0.356 e. The lowest BCUT2D eigenvalue weighted by Gasteiger charge is -2.21. The summed E-state index contributed by atoms with van der Waals surface area (Å²) in [6.07, 6.45) is 12.0. The molecule has 0 saturated heterocycles. The van der Waals surface area contributed by atoms with Gasteiger partial charge in [-0.1, -0.05) is 38.2 Å². The number of carbonyl (C=O) groups is 1. The Morgan fingerprint density at radius 1 is 1.26 bits per heavy atom. The molecule has 27 heavy (non-hydrogen) atoms. The van der Waals surface area contributed by atoms with Gasteiger partial charge in [0, 0.05) is 45.5 Å². The molecule has 1 aliphatic carbocycles. The van der Waals surface area contributed by atoms with E-state index in [-0.39, 0.29) is 12.5 Å². The number of rotatable bonds is 9. The molecule has 0 unspecified atom stereocenters. The first-order valence-electron chi connectivity index (χ1n) is 10.3. The number of guanidine groups is 1. The number of likely N-dealkylation sites (N-methyl/N-ethyl adjacent to an activating group) is 1. The van der Waals surface area contributed by atoms with Crippen molar-refractivity contribution in [2.45, 2.75) is 51.4 Å². The fraction of sp³-hybridized carbons (Fsp3) is 0.667. The molecule has 1 aromatic rings. The molecule has 6 nitrogen and oxygen atoms in total. The summed E-state index contributed by atoms with van der Waals surface area (Å²) >= 11 is 0. The van der Waals surface area contributed by atoms with Crippen LogP contribution in [0.25, 0.3) is 0 Å². The average molecular weight is 374 g/mol. The fourth-order valence-corrected chi connectivity index (χ4v) is 3.54. The van der Waals surface area contributed by atoms with Crippen LogP contribution >= 0.6 is 0 Å². The van der Waals surface area contributed by atoms with Gasteiger partial charge < -0.3 is 15.5 Å². The van der Waals surface area contributed by atoms with Crippen LogP contribution in [0.3, 0.4) is 0 Å². The van der Waals surface area contributed by atoms with Gasteiger partial charge in [-0.3, -0.25) is 14.8 Å². The summed E-state index contributed by atoms with van der Waals surface area (Å²) in [5, 5.41) is 6.44. The predicted octanol–water partition coefficient (Wildman–Crippen LogP) is 2.61. The van der Waals surface area contributed by atoms with Crippen molar-refractivity contribution in [3.05, 3.63) is 30.1 Å². The SMILES string of the molecule is CN=C(NCCCC1CCCCC1)NCC(=O)N(C)CCc1ccccn1. The second-order valence-electron chi connectivity index (χ2n) is 7.39. The quantitative estimate of drug-likeness (QED) is 0.397. The van der Waals surface area contributed by atoms with Crippen molar-refractivity contribution in [1.82, 2.24) is 20.5 Å². The number of hydrogen-bond donors (Lipinski definition) is 2. The molecule has 2 N–H and O–H groups in total. The van der Waals surface area contributed by atoms with Gasteiger partial charge in [0.15, 0.2) is 5.96 Å². The number of aliphatic imine (C=N–C) groups is 1. The van der Waals surface area contributed by atoms with Crippen LogP contribution in [0.2, 0.25) is 0 Å². The Balaban J connectivity index is 1.58. The van der Waals surface area contributed by atoms with E-state index in [1.165, 1.54) is 38.5 Å². The zero-order valence-electron chi connectivity index (χ0n) is 16.9. The van der Waals surface area contributed by atoms with Crippen molar-refractivity contribution >= 4 is 11.9 Å². The lowest BCUT2D eigenvalue weighted by molar-refractivity contribution is -0.128. The number of aromatic nitrogens is 1. The van der Waals surface area contributed by atoms with Gasteiger partial charge in [0.05, 0.1) is 6.54 Å². The van der Waals surface area contributed by atoms with Crippen molar-refractivity contribution < 1.29 is 4.79 Å². The molecule has 1 fully saturated rings. The van der Waals surface area contributed by atoms with E-state index < -0.39 is 0 Å². The summed E-state index contributed by atoms with van der Waals surface area (Å²) in [5.41, 5.74) is 1.00. The first-order valence-corrected chi connectivity index (χ1v) is 10.3. The molecule has 0 bridgehead atoms. The summed E-state index contributed by atoms with van der Waals surface area (Å²) < 4.78 is 0. The second-order valence-corrected chi connectivity index (χ2v) is 7.39. The molecule has 1 aromatic heterocycles. The molecule has 0 spiro atoms. The third-order valence-corrected chi connectivity index (χ3v) is 5.29. The molecular formula is C21H35N5O. The minimum absolute atomic E-state index is 0.0519. The van der Waals surface area contributed by atoms with Gasteiger partial charge in [-0.25, -0.2) is 0 Å². The number of amides is 1. The molecule has 150 valence electrons. The maximum absolute atomic E-state index is 12.3. The van der Waals surface area contributed by atoms with E-state index in [1.54, 1.807) is 18.1 Å². The monoisotopic (exact) mass is 373 g/mol. The Bertz CT molecular complexity index is 569. The topological polar surface area (TPSA) is 69.6 Å². The summed E-state index contributed by atoms with van der Waals surface area (Å²) in [4.78, 5) is 22.5. The third-order valence-electron chi connectivity index (χ3n) is 5.29. The van der Waals surface area contributed by atoms with Crippen LogP contribution < -0.4 is 10.6 Å². The Morgan fingerprint density at radius 3 is 2.78 bits per heavy atom. The van der Waals surface area contributed by atoms with E-state index in [0.29, 0.717) is 12.5 Å². The smallest absolute Gasteiger partial charge is 0.241 e. The van der Waals surface area contributed by atoms with Gasteiger partial charge in [0.2, 0.25) is 5.91 Å². The standard InChI is InChI=1S/C21H35N5O/c1-22-21(24-15-8-11-18-9-4-3-5-10-18)25-17-20(27)26(2)16-13-19-12-6-7-14-23-19/h6-7,12,14,18H,3-5,8-11,13,15-17H2,1-2H3,(H2,22,24,25). The first-order chi connectivity index (χ1) is 13.2. The van der Waals surface area contributed by atoms with E-state index in [4.69, 9.17) is 0 Å². The van der Waals surface area contributed by atoms with E-state index in [1.807, 2.05) is 25.2 Å². The van der Waals surface area contributed by atoms with Crippen molar-refractivity contribution in [3.8, 4) is 0 Å². The van der Waals surface area contributed by atoms with Gasteiger partial charge in [0.25, 0.3) is 0 Å². The number of nitrogens with one attached hydrogen (secondary N) is 2. The fourth-order valence-electron chi connectivity index (χ4n) is 3.54. The molecule has 1 aliphatic rings. The van der Waals surface area contributed by atoms with Crippen molar-refractivity contribution in [1.29, 1.82) is 0 Å². The molecule has 0 atom stereocenters. The summed E-state index contributed by atoms with van der Waals surface area (Å²) in [7, 11) is 3.57. The predicted molar refractivity (Wildman–Crippen MR) is 111 cm³/mol. The first kappa shape index (κ1) is 21.2. The minimum Gasteiger partial charge on any atom is -0.356 e. The highest BCUT2D eigenvalue weighted by molar-refractivity contribution is 5.86. The Labute approximate surface area is 163 Å². The number of carbonyl (C=O) groups excluding carboxylic acids is 1. The van der Waals surface area contributed by atoms with Crippen LogP contribution in [-0.2, 0) is 11.2 Å². The zero-order chi connectivity index (χ0) is 19.3. The van der Waals surface area contributed by atoms with Crippen molar-refractivity contribution in [2.75, 3.05) is 33.7 Å². The van der Waals surface area contributed by atoms with Crippen molar-refractivity contribution in [3.63, 3.8) is 0 Å². The molecule has 1 amide bonds. The molecule has 0 aliphatic heterocycles. The summed E-state index contributed by atoms with van der Waals surface area (Å²) in [5.74, 6) is 1.66. The number of pyridine rings is 1. The van der Waals surface area contributed by atoms with Gasteiger partial charge >= 0.3 is 0 Å². The van der Waals surface area contributed by atoms with Crippen molar-refractivity contribution in [2.24, 2.45) is 10.9 Å². The summed E-state index contributed by atoms with van der Waals surface area (Å²) in [6.45, 7) is 1.81. The second kappa shape index (κ2) is 12.3. The van der Waals surface area contributed by atoms with Gasteiger partial charge in [-0.05, 0) is 30.9 Å². The Hall–Kier alpha value is -2.11. The number of hydrogen-bond acceptors (Lipinski definition) is 3. The van der Waals surface area contributed by atoms with Crippen LogP contribution in [0.4, 0.5) is 0 Å². The maximum atomic E-state index is 12.3. The maximum Gasteiger partial charge on any atom is 0.241 e. The Morgan fingerprint density at radius 2 is 2.07 bits per heavy atom. The summed E-state index contributed by atoms with van der Waals surface area (Å²) in [6, 6.07) is 5.85. The normalized spacial score (nSPS) is 15.4. The van der Waals surface area contributed by atoms with Crippen LogP contribution in [0.5, 0.6) is 0 Å². The van der Waals surface area contributed by atoms with Crippen LogP contribution in [0.15, 0.2) is 29.4 Å². The molecule has 0 aromatic carbocycles. The highest BCUT2D eigenvalue weighted by atomic mass is 16.2. The van der Waals surface area contributed by atoms with Gasteiger partial charge in [-0.15, -0.1) is 0 Å². The van der Waals surface area contributed by atoms with Gasteiger partial charge in [-0.2, -0.15) is 0 Å². The highest BCUT2D eigenvalue weighted by Gasteiger charge is 2.13. The van der Waals surface area contributed by atoms with Crippen LogP contribution in [-0.4, -0.2) is 55.5 Å². The molecule has 1 heterocycles. The molecular weight excluding hydrogens is 338 g/mol. The molecule has 2 rings (SSSR count). The lowest BCUT2D eigenvalue weighted by atomic mass is 9.86.